The van der Waals surface area contributed by atoms with E-state index in [0.717, 1.165) is 13.0 Å². The fourth-order valence-electron chi connectivity index (χ4n) is 2.39. The summed E-state index contributed by atoms with van der Waals surface area (Å²) in [5.41, 5.74) is 0. The first-order valence-electron chi connectivity index (χ1n) is 6.92. The van der Waals surface area contributed by atoms with Crippen LogP contribution < -0.4 is 0 Å². The lowest BCUT2D eigenvalue weighted by Crippen LogP contribution is -2.45. The predicted molar refractivity (Wildman–Crippen MR) is 70.8 cm³/mol. The highest BCUT2D eigenvalue weighted by molar-refractivity contribution is 5.79. The highest BCUT2D eigenvalue weighted by atomic mass is 16.4. The van der Waals surface area contributed by atoms with Crippen LogP contribution in [0.3, 0.4) is 0 Å². The fraction of sp³-hybridized carbons (Fsp3) is 0.846. The van der Waals surface area contributed by atoms with Crippen molar-refractivity contribution in [3.05, 3.63) is 0 Å². The highest BCUT2D eigenvalue weighted by Crippen LogP contribution is 2.17. The van der Waals surface area contributed by atoms with Crippen molar-refractivity contribution in [1.82, 2.24) is 9.80 Å². The van der Waals surface area contributed by atoms with Crippen molar-refractivity contribution in [1.29, 1.82) is 0 Å². The van der Waals surface area contributed by atoms with Gasteiger partial charge in [-0.1, -0.05) is 6.92 Å². The van der Waals surface area contributed by atoms with Gasteiger partial charge in [-0.2, -0.15) is 0 Å². The Morgan fingerprint density at radius 3 is 2.37 bits per heavy atom. The molecule has 0 bridgehead atoms. The number of hydrogen-bond acceptors (Lipinski definition) is 4. The van der Waals surface area contributed by atoms with Crippen LogP contribution in [0.1, 0.15) is 26.2 Å². The summed E-state index contributed by atoms with van der Waals surface area (Å²) in [7, 11) is 0. The van der Waals surface area contributed by atoms with E-state index >= 15 is 0 Å². The molecule has 1 fully saturated rings. The zero-order valence-electron chi connectivity index (χ0n) is 11.5. The Balaban J connectivity index is 2.39. The lowest BCUT2D eigenvalue weighted by molar-refractivity contribution is -0.146. The van der Waals surface area contributed by atoms with Crippen molar-refractivity contribution in [3.63, 3.8) is 0 Å². The molecule has 1 amide bonds. The van der Waals surface area contributed by atoms with E-state index in [1.165, 1.54) is 0 Å². The number of amides is 1. The second-order valence-corrected chi connectivity index (χ2v) is 4.99. The average Bonchev–Trinajstić information content (AvgIpc) is 2.39. The van der Waals surface area contributed by atoms with Gasteiger partial charge in [0.05, 0.1) is 19.1 Å². The molecule has 0 aromatic carbocycles. The molecule has 1 heterocycles. The number of rotatable bonds is 7. The molecule has 0 saturated carbocycles. The molecule has 0 aromatic rings. The maximum absolute atomic E-state index is 12.1. The molecule has 1 aliphatic rings. The Kier molecular flexibility index (Phi) is 6.80. The first-order chi connectivity index (χ1) is 9.08. The van der Waals surface area contributed by atoms with E-state index in [-0.39, 0.29) is 18.4 Å². The monoisotopic (exact) mass is 272 g/mol. The molecule has 19 heavy (non-hydrogen) atoms. The van der Waals surface area contributed by atoms with Crippen LogP contribution in [0.2, 0.25) is 0 Å². The van der Waals surface area contributed by atoms with Crippen LogP contribution in [-0.2, 0) is 9.59 Å². The summed E-state index contributed by atoms with van der Waals surface area (Å²) in [6.45, 7) is 4.74. The number of aliphatic hydroxyl groups is 1. The van der Waals surface area contributed by atoms with Gasteiger partial charge in [-0.15, -0.1) is 0 Å². The summed E-state index contributed by atoms with van der Waals surface area (Å²) in [4.78, 5) is 26.6. The number of piperidine rings is 1. The van der Waals surface area contributed by atoms with Gasteiger partial charge in [-0.25, -0.2) is 0 Å². The molecule has 1 aliphatic heterocycles. The number of carbonyl (C=O) groups is 2. The van der Waals surface area contributed by atoms with E-state index in [1.807, 2.05) is 11.8 Å². The first kappa shape index (κ1) is 15.9. The van der Waals surface area contributed by atoms with E-state index in [1.54, 1.807) is 4.90 Å². The standard InChI is InChI=1S/C13H24N2O4/c1-2-5-14(8-9-16)10-12(17)15-6-3-11(4-7-15)13(18)19/h11,16H,2-10H2,1H3,(H,18,19). The van der Waals surface area contributed by atoms with Crippen LogP contribution in [0.25, 0.3) is 0 Å². The van der Waals surface area contributed by atoms with Crippen molar-refractivity contribution in [2.75, 3.05) is 39.3 Å². The van der Waals surface area contributed by atoms with E-state index < -0.39 is 5.97 Å². The van der Waals surface area contributed by atoms with E-state index in [0.29, 0.717) is 39.0 Å². The molecule has 0 atom stereocenters. The van der Waals surface area contributed by atoms with Crippen molar-refractivity contribution in [2.24, 2.45) is 5.92 Å². The smallest absolute Gasteiger partial charge is 0.306 e. The fourth-order valence-corrected chi connectivity index (χ4v) is 2.39. The molecule has 6 heteroatoms. The predicted octanol–water partition coefficient (Wildman–Crippen LogP) is 0.0139. The van der Waals surface area contributed by atoms with Crippen LogP contribution >= 0.6 is 0 Å². The third-order valence-electron chi connectivity index (χ3n) is 3.51. The van der Waals surface area contributed by atoms with Crippen LogP contribution in [0.5, 0.6) is 0 Å². The quantitative estimate of drug-likeness (QED) is 0.682. The Morgan fingerprint density at radius 1 is 1.26 bits per heavy atom. The van der Waals surface area contributed by atoms with Gasteiger partial charge >= 0.3 is 5.97 Å². The van der Waals surface area contributed by atoms with Crippen LogP contribution in [0.15, 0.2) is 0 Å². The number of hydrogen-bond donors (Lipinski definition) is 2. The molecule has 6 nitrogen and oxygen atoms in total. The van der Waals surface area contributed by atoms with Gasteiger partial charge in [0.25, 0.3) is 0 Å². The van der Waals surface area contributed by atoms with E-state index in [4.69, 9.17) is 10.2 Å². The van der Waals surface area contributed by atoms with Crippen LogP contribution in [0, 0.1) is 5.92 Å². The maximum atomic E-state index is 12.1. The summed E-state index contributed by atoms with van der Waals surface area (Å²) in [5, 5.41) is 17.9. The topological polar surface area (TPSA) is 81.1 Å². The maximum Gasteiger partial charge on any atom is 0.306 e. The molecule has 110 valence electrons. The number of carboxylic acid groups (broad SMARTS) is 1. The van der Waals surface area contributed by atoms with Gasteiger partial charge < -0.3 is 15.1 Å². The van der Waals surface area contributed by atoms with E-state index in [2.05, 4.69) is 0 Å². The van der Waals surface area contributed by atoms with Crippen molar-refractivity contribution in [2.45, 2.75) is 26.2 Å². The van der Waals surface area contributed by atoms with Gasteiger partial charge in [0, 0.05) is 19.6 Å². The molecule has 0 radical (unpaired) electrons. The normalized spacial score (nSPS) is 16.9. The molecule has 0 unspecified atom stereocenters. The third-order valence-corrected chi connectivity index (χ3v) is 3.51. The van der Waals surface area contributed by atoms with Crippen molar-refractivity contribution >= 4 is 11.9 Å². The zero-order chi connectivity index (χ0) is 14.3. The zero-order valence-corrected chi connectivity index (χ0v) is 11.5. The molecule has 1 rings (SSSR count). The summed E-state index contributed by atoms with van der Waals surface area (Å²) in [5.74, 6) is -1.04. The van der Waals surface area contributed by atoms with Crippen LogP contribution in [0.4, 0.5) is 0 Å². The molecule has 0 aromatic heterocycles. The Hall–Kier alpha value is -1.14. The number of carbonyl (C=O) groups excluding carboxylic acids is 1. The van der Waals surface area contributed by atoms with Gasteiger partial charge in [0.2, 0.25) is 5.91 Å². The van der Waals surface area contributed by atoms with Crippen molar-refractivity contribution in [3.8, 4) is 0 Å². The number of aliphatic hydroxyl groups excluding tert-OH is 1. The molecule has 0 spiro atoms. The first-order valence-corrected chi connectivity index (χ1v) is 6.92. The highest BCUT2D eigenvalue weighted by Gasteiger charge is 2.27. The minimum atomic E-state index is -0.764. The minimum absolute atomic E-state index is 0.0331. The van der Waals surface area contributed by atoms with Gasteiger partial charge in [0.15, 0.2) is 0 Å². The lowest BCUT2D eigenvalue weighted by Gasteiger charge is -2.32. The molecule has 0 aliphatic carbocycles. The van der Waals surface area contributed by atoms with E-state index in [9.17, 15) is 9.59 Å². The SMILES string of the molecule is CCCN(CCO)CC(=O)N1CCC(C(=O)O)CC1. The summed E-state index contributed by atoms with van der Waals surface area (Å²) < 4.78 is 0. The second-order valence-electron chi connectivity index (χ2n) is 4.99. The summed E-state index contributed by atoms with van der Waals surface area (Å²) in [6, 6.07) is 0. The number of carboxylic acids is 1. The Morgan fingerprint density at radius 2 is 1.89 bits per heavy atom. The second kappa shape index (κ2) is 8.12. The van der Waals surface area contributed by atoms with Gasteiger partial charge in [0.1, 0.15) is 0 Å². The molecule has 1 saturated heterocycles. The minimum Gasteiger partial charge on any atom is -0.481 e. The Labute approximate surface area is 114 Å². The molecular weight excluding hydrogens is 248 g/mol. The van der Waals surface area contributed by atoms with Crippen LogP contribution in [-0.4, -0.2) is 71.2 Å². The number of nitrogens with zero attached hydrogens (tertiary/aromatic N) is 2. The van der Waals surface area contributed by atoms with Gasteiger partial charge in [-0.05, 0) is 25.8 Å². The van der Waals surface area contributed by atoms with Gasteiger partial charge in [-0.3, -0.25) is 14.5 Å². The summed E-state index contributed by atoms with van der Waals surface area (Å²) >= 11 is 0. The molecule has 2 N–H and O–H groups in total. The molecular formula is C13H24N2O4. The third kappa shape index (κ3) is 5.16. The Bertz CT molecular complexity index is 295. The number of aliphatic carboxylic acids is 1. The lowest BCUT2D eigenvalue weighted by atomic mass is 9.97. The average molecular weight is 272 g/mol. The summed E-state index contributed by atoms with van der Waals surface area (Å²) in [6.07, 6.45) is 2.01. The van der Waals surface area contributed by atoms with Crippen molar-refractivity contribution < 1.29 is 19.8 Å². The largest absolute Gasteiger partial charge is 0.481 e. The number of likely N-dealkylation sites (tertiary alicyclic amines) is 1.